The van der Waals surface area contributed by atoms with Crippen molar-refractivity contribution in [2.45, 2.75) is 49.4 Å². The van der Waals surface area contributed by atoms with E-state index in [1.165, 1.54) is 14.2 Å². The third-order valence-electron chi connectivity index (χ3n) is 9.55. The van der Waals surface area contributed by atoms with E-state index in [0.29, 0.717) is 47.9 Å². The highest BCUT2D eigenvalue weighted by Gasteiger charge is 2.53. The van der Waals surface area contributed by atoms with Crippen molar-refractivity contribution in [2.75, 3.05) is 26.7 Å². The zero-order chi connectivity index (χ0) is 41.3. The first-order valence-electron chi connectivity index (χ1n) is 16.8. The van der Waals surface area contributed by atoms with Crippen molar-refractivity contribution in [2.24, 2.45) is 10.3 Å². The third-order valence-corrected chi connectivity index (χ3v) is 13.1. The quantitative estimate of drug-likeness (QED) is 0.159. The Labute approximate surface area is 350 Å². The topological polar surface area (TPSA) is 130 Å². The van der Waals surface area contributed by atoms with Crippen LogP contribution >= 0.6 is 58.2 Å². The molecule has 4 aromatic rings. The van der Waals surface area contributed by atoms with Gasteiger partial charge in [0, 0.05) is 48.6 Å². The van der Waals surface area contributed by atoms with Gasteiger partial charge in [-0.05, 0) is 106 Å². The number of rotatable bonds is 8. The maximum atomic E-state index is 12.8. The summed E-state index contributed by atoms with van der Waals surface area (Å²) in [5, 5.41) is 9.13. The SMILES string of the molecule is COC(=O)c1ccc(C2=NOC(C)(c3cc(Cl)cc(Cl)c3)C2S(C)(=O)=O)cc1C.COC(=O)c1ccc(C2=NOC(C)(c3cc(Cl)cc(Cl)c3)C2SC)cc1C. The second-order valence-electron chi connectivity index (χ2n) is 13.5. The number of hydrogen-bond acceptors (Lipinski definition) is 11. The van der Waals surface area contributed by atoms with Gasteiger partial charge < -0.3 is 19.1 Å². The number of hydrogen-bond donors (Lipinski definition) is 0. The molecule has 0 aromatic heterocycles. The minimum atomic E-state index is -3.66. The van der Waals surface area contributed by atoms with Crippen molar-refractivity contribution in [3.05, 3.63) is 137 Å². The fourth-order valence-corrected chi connectivity index (χ4v) is 10.4. The van der Waals surface area contributed by atoms with Gasteiger partial charge in [0.15, 0.2) is 26.3 Å². The lowest BCUT2D eigenvalue weighted by atomic mass is 9.88. The van der Waals surface area contributed by atoms with Crippen LogP contribution in [0.25, 0.3) is 0 Å². The van der Waals surface area contributed by atoms with Gasteiger partial charge in [-0.2, -0.15) is 11.8 Å². The van der Waals surface area contributed by atoms with E-state index in [1.54, 1.807) is 74.1 Å². The first kappa shape index (κ1) is 43.3. The summed E-state index contributed by atoms with van der Waals surface area (Å²) in [5.74, 6) is -0.833. The third kappa shape index (κ3) is 8.71. The number of ether oxygens (including phenoxy) is 2. The predicted molar refractivity (Wildman–Crippen MR) is 224 cm³/mol. The summed E-state index contributed by atoms with van der Waals surface area (Å²) in [4.78, 5) is 35.3. The average molecular weight is 881 g/mol. The molecule has 296 valence electrons. The predicted octanol–water partition coefficient (Wildman–Crippen LogP) is 9.62. The van der Waals surface area contributed by atoms with Crippen LogP contribution in [0.1, 0.15) is 67.9 Å². The number of sulfone groups is 1. The Kier molecular flexibility index (Phi) is 13.1. The summed E-state index contributed by atoms with van der Waals surface area (Å²) >= 11 is 26.2. The van der Waals surface area contributed by atoms with Crippen molar-refractivity contribution in [3.8, 4) is 0 Å². The standard InChI is InChI=1S/C20H19Cl2NO5S.C20H19Cl2NO3S/c1-11-7-12(5-6-16(11)19(24)27-3)17-18(29(4,25)26)20(2,28-23-17)13-8-14(21)10-15(22)9-13;1-11-7-12(5-6-16(11)19(24)25-3)17-18(27-4)20(2,26-23-17)13-8-14(21)10-15(22)9-13/h5-10,18H,1-4H3;5-10,18H,1-4H3. The van der Waals surface area contributed by atoms with Gasteiger partial charge in [0.2, 0.25) is 0 Å². The maximum Gasteiger partial charge on any atom is 0.338 e. The number of halogens is 4. The number of benzene rings is 4. The van der Waals surface area contributed by atoms with E-state index in [2.05, 4.69) is 10.3 Å². The number of oxime groups is 2. The van der Waals surface area contributed by atoms with E-state index >= 15 is 0 Å². The summed E-state index contributed by atoms with van der Waals surface area (Å²) in [6.45, 7) is 7.21. The highest BCUT2D eigenvalue weighted by Crippen LogP contribution is 2.44. The highest BCUT2D eigenvalue weighted by atomic mass is 35.5. The smallest absolute Gasteiger partial charge is 0.338 e. The van der Waals surface area contributed by atoms with E-state index in [-0.39, 0.29) is 16.9 Å². The molecule has 0 fully saturated rings. The lowest BCUT2D eigenvalue weighted by Gasteiger charge is -2.29. The molecule has 2 heterocycles. The van der Waals surface area contributed by atoms with Gasteiger partial charge >= 0.3 is 11.9 Å². The van der Waals surface area contributed by atoms with Crippen LogP contribution in [0, 0.1) is 13.8 Å². The Balaban J connectivity index is 0.000000215. The van der Waals surface area contributed by atoms with Crippen LogP contribution in [-0.4, -0.2) is 69.0 Å². The molecule has 16 heteroatoms. The second kappa shape index (κ2) is 17.0. The van der Waals surface area contributed by atoms with Crippen molar-refractivity contribution in [1.82, 2.24) is 0 Å². The maximum absolute atomic E-state index is 12.8. The van der Waals surface area contributed by atoms with Gasteiger partial charge in [-0.15, -0.1) is 0 Å². The minimum absolute atomic E-state index is 0.0737. The monoisotopic (exact) mass is 878 g/mol. The van der Waals surface area contributed by atoms with E-state index in [4.69, 9.17) is 65.6 Å². The van der Waals surface area contributed by atoms with Gasteiger partial charge in [0.1, 0.15) is 11.4 Å². The molecule has 4 aromatic carbocycles. The summed E-state index contributed by atoms with van der Waals surface area (Å²) < 4.78 is 35.1. The zero-order valence-corrected chi connectivity index (χ0v) is 36.2. The fraction of sp³-hybridized carbons (Fsp3) is 0.300. The lowest BCUT2D eigenvalue weighted by molar-refractivity contribution is -0.00529. The lowest BCUT2D eigenvalue weighted by Crippen LogP contribution is -2.44. The molecular weight excluding hydrogens is 842 g/mol. The number of esters is 2. The van der Waals surface area contributed by atoms with E-state index < -0.39 is 32.3 Å². The summed E-state index contributed by atoms with van der Waals surface area (Å²) in [6, 6.07) is 20.6. The molecule has 4 unspecified atom stereocenters. The molecule has 2 aliphatic heterocycles. The molecule has 0 spiro atoms. The molecule has 0 aliphatic carbocycles. The molecule has 0 amide bonds. The largest absolute Gasteiger partial charge is 0.465 e. The second-order valence-corrected chi connectivity index (χ2v) is 18.4. The van der Waals surface area contributed by atoms with Crippen LogP contribution in [0.2, 0.25) is 20.1 Å². The van der Waals surface area contributed by atoms with Crippen LogP contribution in [-0.2, 0) is 40.2 Å². The molecule has 0 saturated carbocycles. The summed E-state index contributed by atoms with van der Waals surface area (Å²) in [6.07, 6.45) is 3.14. The fourth-order valence-electron chi connectivity index (χ4n) is 6.77. The Morgan fingerprint density at radius 1 is 0.679 bits per heavy atom. The molecule has 4 atom stereocenters. The van der Waals surface area contributed by atoms with Gasteiger partial charge in [0.05, 0.1) is 30.6 Å². The van der Waals surface area contributed by atoms with Gasteiger partial charge in [-0.3, -0.25) is 0 Å². The summed E-state index contributed by atoms with van der Waals surface area (Å²) in [5.41, 5.74) is 4.16. The molecule has 0 radical (unpaired) electrons. The van der Waals surface area contributed by atoms with Crippen molar-refractivity contribution >= 4 is 91.4 Å². The molecular formula is C40H38Cl4N2O8S2. The molecule has 6 rings (SSSR count). The van der Waals surface area contributed by atoms with Crippen molar-refractivity contribution < 1.29 is 37.2 Å². The normalized spacial score (nSPS) is 21.5. The van der Waals surface area contributed by atoms with Crippen molar-refractivity contribution in [1.29, 1.82) is 0 Å². The molecule has 0 bridgehead atoms. The number of aryl methyl sites for hydroxylation is 2. The Bertz CT molecular complexity index is 2350. The van der Waals surface area contributed by atoms with Crippen molar-refractivity contribution in [3.63, 3.8) is 0 Å². The Morgan fingerprint density at radius 2 is 1.07 bits per heavy atom. The molecule has 2 aliphatic rings. The first-order valence-corrected chi connectivity index (χ1v) is 21.6. The van der Waals surface area contributed by atoms with E-state index in [9.17, 15) is 18.0 Å². The number of carbonyl (C=O) groups is 2. The molecule has 10 nitrogen and oxygen atoms in total. The highest BCUT2D eigenvalue weighted by molar-refractivity contribution is 8.00. The number of thioether (sulfide) groups is 1. The number of carbonyl (C=O) groups excluding carboxylic acids is 2. The molecule has 56 heavy (non-hydrogen) atoms. The van der Waals surface area contributed by atoms with Crippen LogP contribution in [0.4, 0.5) is 0 Å². The molecule has 0 saturated heterocycles. The minimum Gasteiger partial charge on any atom is -0.465 e. The van der Waals surface area contributed by atoms with Gasteiger partial charge in [-0.1, -0.05) is 68.8 Å². The summed E-state index contributed by atoms with van der Waals surface area (Å²) in [7, 11) is -0.991. The Hall–Kier alpha value is -3.78. The van der Waals surface area contributed by atoms with Crippen LogP contribution in [0.15, 0.2) is 83.1 Å². The van der Waals surface area contributed by atoms with E-state index in [1.807, 2.05) is 44.4 Å². The number of nitrogens with zero attached hydrogens (tertiary/aromatic N) is 2. The van der Waals surface area contributed by atoms with Gasteiger partial charge in [0.25, 0.3) is 0 Å². The molecule has 0 N–H and O–H groups in total. The van der Waals surface area contributed by atoms with Crippen LogP contribution < -0.4 is 0 Å². The van der Waals surface area contributed by atoms with E-state index in [0.717, 1.165) is 28.7 Å². The Morgan fingerprint density at radius 3 is 1.46 bits per heavy atom. The average Bonchev–Trinajstić information content (AvgIpc) is 3.68. The zero-order valence-electron chi connectivity index (χ0n) is 31.6. The van der Waals surface area contributed by atoms with Crippen LogP contribution in [0.3, 0.4) is 0 Å². The van der Waals surface area contributed by atoms with Crippen LogP contribution in [0.5, 0.6) is 0 Å². The number of methoxy groups -OCH3 is 2. The van der Waals surface area contributed by atoms with Gasteiger partial charge in [-0.25, -0.2) is 18.0 Å². The first-order chi connectivity index (χ1) is 26.3.